The van der Waals surface area contributed by atoms with Crippen molar-refractivity contribution in [3.8, 4) is 6.07 Å². The Bertz CT molecular complexity index is 770. The van der Waals surface area contributed by atoms with Crippen LogP contribution in [0.4, 0.5) is 0 Å². The molecule has 122 valence electrons. The van der Waals surface area contributed by atoms with Crippen LogP contribution in [0.1, 0.15) is 17.5 Å². The third kappa shape index (κ3) is 5.09. The van der Waals surface area contributed by atoms with E-state index in [2.05, 4.69) is 11.1 Å². The van der Waals surface area contributed by atoms with Gasteiger partial charge in [0.15, 0.2) is 0 Å². The Morgan fingerprint density at radius 2 is 2.12 bits per heavy atom. The molecule has 0 N–H and O–H groups in total. The van der Waals surface area contributed by atoms with Gasteiger partial charge in [0.1, 0.15) is 0 Å². The number of hydrogen-bond donors (Lipinski definition) is 0. The average Bonchev–Trinajstić information content (AvgIpc) is 2.60. The van der Waals surface area contributed by atoms with Gasteiger partial charge in [0, 0.05) is 31.6 Å². The highest BCUT2D eigenvalue weighted by Crippen LogP contribution is 2.26. The summed E-state index contributed by atoms with van der Waals surface area (Å²) in [6, 6.07) is 11.0. The number of carbonyl (C=O) groups excluding carboxylic acids is 1. The van der Waals surface area contributed by atoms with Crippen LogP contribution in [-0.4, -0.2) is 22.3 Å². The number of carbonyl (C=O) groups is 1. The van der Waals surface area contributed by atoms with E-state index in [1.54, 1.807) is 41.6 Å². The van der Waals surface area contributed by atoms with Crippen molar-refractivity contribution in [2.45, 2.75) is 13.0 Å². The molecule has 0 aliphatic heterocycles. The van der Waals surface area contributed by atoms with Gasteiger partial charge in [-0.05, 0) is 29.3 Å². The second-order valence-electron chi connectivity index (χ2n) is 5.01. The summed E-state index contributed by atoms with van der Waals surface area (Å²) < 4.78 is 0. The number of rotatable bonds is 6. The third-order valence-corrected chi connectivity index (χ3v) is 4.12. The van der Waals surface area contributed by atoms with Crippen LogP contribution in [0.15, 0.2) is 48.8 Å². The van der Waals surface area contributed by atoms with E-state index in [1.807, 2.05) is 12.1 Å². The van der Waals surface area contributed by atoms with E-state index in [-0.39, 0.29) is 12.3 Å². The molecule has 0 fully saturated rings. The van der Waals surface area contributed by atoms with E-state index in [0.717, 1.165) is 5.56 Å². The zero-order valence-electron chi connectivity index (χ0n) is 12.8. The van der Waals surface area contributed by atoms with Crippen molar-refractivity contribution in [2.24, 2.45) is 0 Å². The van der Waals surface area contributed by atoms with Gasteiger partial charge >= 0.3 is 0 Å². The molecule has 0 bridgehead atoms. The van der Waals surface area contributed by atoms with Gasteiger partial charge in [-0.15, -0.1) is 0 Å². The minimum atomic E-state index is -0.204. The van der Waals surface area contributed by atoms with Gasteiger partial charge in [0.05, 0.1) is 22.5 Å². The van der Waals surface area contributed by atoms with Crippen molar-refractivity contribution in [1.82, 2.24) is 9.88 Å². The number of amides is 1. The highest BCUT2D eigenvalue weighted by Gasteiger charge is 2.11. The average molecular weight is 360 g/mol. The van der Waals surface area contributed by atoms with E-state index in [4.69, 9.17) is 28.5 Å². The third-order valence-electron chi connectivity index (χ3n) is 3.29. The molecule has 1 heterocycles. The lowest BCUT2D eigenvalue weighted by atomic mass is 10.2. The van der Waals surface area contributed by atoms with Gasteiger partial charge in [-0.1, -0.05) is 41.4 Å². The minimum absolute atomic E-state index is 0.204. The van der Waals surface area contributed by atoms with E-state index < -0.39 is 0 Å². The van der Waals surface area contributed by atoms with Gasteiger partial charge in [-0.3, -0.25) is 9.78 Å². The molecule has 1 amide bonds. The summed E-state index contributed by atoms with van der Waals surface area (Å²) in [4.78, 5) is 18.1. The molecule has 0 atom stereocenters. The quantitative estimate of drug-likeness (QED) is 0.720. The fraction of sp³-hybridized carbons (Fsp3) is 0.167. The first-order valence-electron chi connectivity index (χ1n) is 7.28. The summed E-state index contributed by atoms with van der Waals surface area (Å²) in [7, 11) is 0. The fourth-order valence-electron chi connectivity index (χ4n) is 2.08. The molecular weight excluding hydrogens is 345 g/mol. The Morgan fingerprint density at radius 1 is 1.29 bits per heavy atom. The summed E-state index contributed by atoms with van der Waals surface area (Å²) in [5.74, 6) is -0.204. The highest BCUT2D eigenvalue weighted by molar-refractivity contribution is 6.42. The van der Waals surface area contributed by atoms with Crippen molar-refractivity contribution in [3.05, 3.63) is 70.0 Å². The normalized spacial score (nSPS) is 10.5. The molecule has 2 rings (SSSR count). The molecular formula is C18H15Cl2N3O. The molecule has 6 heteroatoms. The summed E-state index contributed by atoms with van der Waals surface area (Å²) in [6.45, 7) is 0.736. The zero-order valence-corrected chi connectivity index (χ0v) is 14.3. The first-order valence-corrected chi connectivity index (χ1v) is 8.04. The minimum Gasteiger partial charge on any atom is -0.334 e. The Labute approximate surface area is 150 Å². The number of aromatic nitrogens is 1. The van der Waals surface area contributed by atoms with Crippen LogP contribution in [0.3, 0.4) is 0 Å². The molecule has 0 aliphatic rings. The first kappa shape index (κ1) is 18.0. The number of pyridine rings is 1. The molecule has 0 saturated carbocycles. The number of nitrogens with zero attached hydrogens (tertiary/aromatic N) is 3. The van der Waals surface area contributed by atoms with Crippen molar-refractivity contribution in [1.29, 1.82) is 5.26 Å². The van der Waals surface area contributed by atoms with E-state index in [1.165, 1.54) is 6.08 Å². The van der Waals surface area contributed by atoms with Gasteiger partial charge in [0.25, 0.3) is 0 Å². The molecule has 0 spiro atoms. The standard InChI is InChI=1S/C18H15Cl2N3O/c19-16-6-1-5-15(18(16)20)7-8-17(24)23(11-3-9-21)13-14-4-2-10-22-12-14/h1-2,4-8,10,12H,3,11,13H2/b8-7+. The van der Waals surface area contributed by atoms with Gasteiger partial charge in [-0.25, -0.2) is 0 Å². The topological polar surface area (TPSA) is 57.0 Å². The van der Waals surface area contributed by atoms with Crippen LogP contribution in [-0.2, 0) is 11.3 Å². The maximum atomic E-state index is 12.5. The summed E-state index contributed by atoms with van der Waals surface area (Å²) >= 11 is 12.1. The Morgan fingerprint density at radius 3 is 2.83 bits per heavy atom. The largest absolute Gasteiger partial charge is 0.334 e. The van der Waals surface area contributed by atoms with E-state index in [0.29, 0.717) is 28.7 Å². The van der Waals surface area contributed by atoms with Crippen molar-refractivity contribution >= 4 is 35.2 Å². The van der Waals surface area contributed by atoms with Crippen LogP contribution >= 0.6 is 23.2 Å². The van der Waals surface area contributed by atoms with Crippen molar-refractivity contribution in [2.75, 3.05) is 6.54 Å². The molecule has 4 nitrogen and oxygen atoms in total. The molecule has 24 heavy (non-hydrogen) atoms. The maximum absolute atomic E-state index is 12.5. The molecule has 0 unspecified atom stereocenters. The predicted octanol–water partition coefficient (Wildman–Crippen LogP) is 4.34. The van der Waals surface area contributed by atoms with E-state index >= 15 is 0 Å². The monoisotopic (exact) mass is 359 g/mol. The summed E-state index contributed by atoms with van der Waals surface area (Å²) in [5.41, 5.74) is 1.57. The molecule has 1 aromatic heterocycles. The smallest absolute Gasteiger partial charge is 0.246 e. The van der Waals surface area contributed by atoms with E-state index in [9.17, 15) is 4.79 Å². The Kier molecular flexibility index (Phi) is 6.80. The van der Waals surface area contributed by atoms with Crippen LogP contribution in [0.25, 0.3) is 6.08 Å². The lowest BCUT2D eigenvalue weighted by Gasteiger charge is -2.20. The Hall–Kier alpha value is -2.35. The molecule has 1 aromatic carbocycles. The Balaban J connectivity index is 2.13. The number of nitriles is 1. The molecule has 2 aromatic rings. The number of benzene rings is 1. The zero-order chi connectivity index (χ0) is 17.4. The van der Waals surface area contributed by atoms with Gasteiger partial charge in [-0.2, -0.15) is 5.26 Å². The maximum Gasteiger partial charge on any atom is 0.246 e. The number of hydrogen-bond acceptors (Lipinski definition) is 3. The van der Waals surface area contributed by atoms with Crippen LogP contribution in [0.2, 0.25) is 10.0 Å². The second kappa shape index (κ2) is 9.07. The van der Waals surface area contributed by atoms with Crippen LogP contribution < -0.4 is 0 Å². The second-order valence-corrected chi connectivity index (χ2v) is 5.79. The van der Waals surface area contributed by atoms with Crippen LogP contribution in [0, 0.1) is 11.3 Å². The lowest BCUT2D eigenvalue weighted by molar-refractivity contribution is -0.126. The fourth-order valence-corrected chi connectivity index (χ4v) is 2.45. The molecule has 0 aliphatic carbocycles. The predicted molar refractivity (Wildman–Crippen MR) is 95.4 cm³/mol. The SMILES string of the molecule is N#CCCN(Cc1cccnc1)C(=O)/C=C/c1cccc(Cl)c1Cl. The number of halogens is 2. The van der Waals surface area contributed by atoms with Gasteiger partial charge in [0.2, 0.25) is 5.91 Å². The molecule has 0 radical (unpaired) electrons. The van der Waals surface area contributed by atoms with Crippen molar-refractivity contribution < 1.29 is 4.79 Å². The summed E-state index contributed by atoms with van der Waals surface area (Å²) in [5, 5.41) is 9.62. The van der Waals surface area contributed by atoms with Crippen LogP contribution in [0.5, 0.6) is 0 Å². The van der Waals surface area contributed by atoms with Gasteiger partial charge < -0.3 is 4.90 Å². The summed E-state index contributed by atoms with van der Waals surface area (Å²) in [6.07, 6.45) is 6.69. The lowest BCUT2D eigenvalue weighted by Crippen LogP contribution is -2.29. The van der Waals surface area contributed by atoms with Crippen molar-refractivity contribution in [3.63, 3.8) is 0 Å². The molecule has 0 saturated heterocycles. The first-order chi connectivity index (χ1) is 11.6. The highest BCUT2D eigenvalue weighted by atomic mass is 35.5.